The third-order valence-corrected chi connectivity index (χ3v) is 3.94. The molecule has 0 atom stereocenters. The molecule has 0 saturated heterocycles. The first kappa shape index (κ1) is 22.1. The lowest BCUT2D eigenvalue weighted by atomic mass is 9.86. The standard InChI is InChI=1S/C12H16F2O.C11H16/c1-12(2,3)9-6-4-5-7-10(9)15-8-11(13)14;1-9-6-5-7-10(8-9)11(2,3)4/h4-7,11H,8H2,1-3H3;5-8H,1-4H3. The van der Waals surface area contributed by atoms with Gasteiger partial charge in [-0.1, -0.05) is 89.6 Å². The summed E-state index contributed by atoms with van der Waals surface area (Å²) >= 11 is 0. The molecule has 0 amide bonds. The Labute approximate surface area is 157 Å². The largest absolute Gasteiger partial charge is 0.487 e. The van der Waals surface area contributed by atoms with Crippen LogP contribution in [0.15, 0.2) is 48.5 Å². The van der Waals surface area contributed by atoms with Gasteiger partial charge in [0.15, 0.2) is 0 Å². The highest BCUT2D eigenvalue weighted by molar-refractivity contribution is 5.38. The Morgan fingerprint density at radius 3 is 1.92 bits per heavy atom. The van der Waals surface area contributed by atoms with Crippen molar-refractivity contribution in [1.82, 2.24) is 0 Å². The number of ether oxygens (including phenoxy) is 1. The SMILES string of the molecule is CC(C)(C)c1ccccc1OCC(F)F.Cc1cccc(C(C)(C)C)c1. The zero-order valence-electron chi connectivity index (χ0n) is 17.1. The topological polar surface area (TPSA) is 9.23 Å². The van der Waals surface area contributed by atoms with Gasteiger partial charge in [0.05, 0.1) is 0 Å². The monoisotopic (exact) mass is 362 g/mol. The first-order valence-electron chi connectivity index (χ1n) is 8.99. The predicted octanol–water partition coefficient (Wildman–Crippen LogP) is 6.92. The van der Waals surface area contributed by atoms with Crippen molar-refractivity contribution < 1.29 is 13.5 Å². The minimum Gasteiger partial charge on any atom is -0.487 e. The van der Waals surface area contributed by atoms with Crippen molar-refractivity contribution in [3.63, 3.8) is 0 Å². The van der Waals surface area contributed by atoms with Crippen LogP contribution in [0.1, 0.15) is 58.2 Å². The lowest BCUT2D eigenvalue weighted by Gasteiger charge is -2.22. The number of aryl methyl sites for hydroxylation is 1. The van der Waals surface area contributed by atoms with E-state index >= 15 is 0 Å². The van der Waals surface area contributed by atoms with Gasteiger partial charge >= 0.3 is 0 Å². The second-order valence-corrected chi connectivity index (χ2v) is 8.57. The first-order chi connectivity index (χ1) is 11.9. The van der Waals surface area contributed by atoms with Gasteiger partial charge in [0.1, 0.15) is 12.4 Å². The minimum atomic E-state index is -2.43. The Balaban J connectivity index is 0.000000273. The van der Waals surface area contributed by atoms with Crippen LogP contribution in [0.3, 0.4) is 0 Å². The summed E-state index contributed by atoms with van der Waals surface area (Å²) in [5.41, 5.74) is 3.89. The summed E-state index contributed by atoms with van der Waals surface area (Å²) in [5, 5.41) is 0. The van der Waals surface area contributed by atoms with Gasteiger partial charge in [0.25, 0.3) is 6.43 Å². The molecule has 0 bridgehead atoms. The molecule has 0 fully saturated rings. The zero-order valence-corrected chi connectivity index (χ0v) is 17.1. The number of para-hydroxylation sites is 1. The number of alkyl halides is 2. The molecule has 3 heteroatoms. The van der Waals surface area contributed by atoms with Crippen LogP contribution < -0.4 is 4.74 Å². The maximum Gasteiger partial charge on any atom is 0.272 e. The van der Waals surface area contributed by atoms with E-state index in [0.29, 0.717) is 5.75 Å². The molecule has 0 unspecified atom stereocenters. The van der Waals surface area contributed by atoms with E-state index in [0.717, 1.165) is 5.56 Å². The first-order valence-corrected chi connectivity index (χ1v) is 8.99. The highest BCUT2D eigenvalue weighted by atomic mass is 19.3. The van der Waals surface area contributed by atoms with Crippen LogP contribution in [0.5, 0.6) is 5.75 Å². The highest BCUT2D eigenvalue weighted by Gasteiger charge is 2.19. The molecular weight excluding hydrogens is 330 g/mol. The van der Waals surface area contributed by atoms with Crippen LogP contribution in [-0.2, 0) is 10.8 Å². The second kappa shape index (κ2) is 9.16. The molecule has 144 valence electrons. The van der Waals surface area contributed by atoms with Gasteiger partial charge in [-0.25, -0.2) is 8.78 Å². The normalized spacial score (nSPS) is 11.8. The minimum absolute atomic E-state index is 0.0985. The maximum atomic E-state index is 12.0. The van der Waals surface area contributed by atoms with E-state index in [1.54, 1.807) is 12.1 Å². The van der Waals surface area contributed by atoms with Crippen molar-refractivity contribution in [2.24, 2.45) is 0 Å². The molecule has 0 spiro atoms. The summed E-state index contributed by atoms with van der Waals surface area (Å²) in [6, 6.07) is 16.0. The van der Waals surface area contributed by atoms with Crippen molar-refractivity contribution in [2.45, 2.75) is 65.7 Å². The number of benzene rings is 2. The van der Waals surface area contributed by atoms with Crippen LogP contribution in [0.25, 0.3) is 0 Å². The van der Waals surface area contributed by atoms with Gasteiger partial charge < -0.3 is 4.74 Å². The number of rotatable bonds is 3. The molecule has 0 saturated carbocycles. The van der Waals surface area contributed by atoms with E-state index < -0.39 is 13.0 Å². The summed E-state index contributed by atoms with van der Waals surface area (Å²) in [6.07, 6.45) is -2.43. The smallest absolute Gasteiger partial charge is 0.272 e. The van der Waals surface area contributed by atoms with E-state index in [9.17, 15) is 8.78 Å². The van der Waals surface area contributed by atoms with Gasteiger partial charge in [0, 0.05) is 0 Å². The Hall–Kier alpha value is -1.90. The summed E-state index contributed by atoms with van der Waals surface area (Å²) in [7, 11) is 0. The van der Waals surface area contributed by atoms with E-state index in [-0.39, 0.29) is 10.8 Å². The van der Waals surface area contributed by atoms with Crippen LogP contribution in [-0.4, -0.2) is 13.0 Å². The van der Waals surface area contributed by atoms with Gasteiger partial charge in [-0.2, -0.15) is 0 Å². The molecule has 0 heterocycles. The molecule has 0 N–H and O–H groups in total. The van der Waals surface area contributed by atoms with Crippen LogP contribution in [0, 0.1) is 6.92 Å². The molecule has 2 rings (SSSR count). The molecule has 26 heavy (non-hydrogen) atoms. The molecule has 0 radical (unpaired) electrons. The number of hydrogen-bond acceptors (Lipinski definition) is 1. The Morgan fingerprint density at radius 2 is 1.46 bits per heavy atom. The summed E-state index contributed by atoms with van der Waals surface area (Å²) in [5.74, 6) is 0.547. The van der Waals surface area contributed by atoms with Crippen LogP contribution in [0.4, 0.5) is 8.78 Å². The Kier molecular flexibility index (Phi) is 7.80. The average Bonchev–Trinajstić information content (AvgIpc) is 2.52. The molecule has 0 aliphatic carbocycles. The van der Waals surface area contributed by atoms with Gasteiger partial charge in [-0.05, 0) is 34.9 Å². The third-order valence-electron chi connectivity index (χ3n) is 3.94. The van der Waals surface area contributed by atoms with E-state index in [4.69, 9.17) is 4.74 Å². The van der Waals surface area contributed by atoms with E-state index in [1.807, 2.05) is 32.9 Å². The molecular formula is C23H32F2O. The molecule has 2 aromatic carbocycles. The summed E-state index contributed by atoms with van der Waals surface area (Å²) < 4.78 is 29.1. The Morgan fingerprint density at radius 1 is 0.846 bits per heavy atom. The van der Waals surface area contributed by atoms with Crippen molar-refractivity contribution in [2.75, 3.05) is 6.61 Å². The van der Waals surface area contributed by atoms with Crippen molar-refractivity contribution in [1.29, 1.82) is 0 Å². The second-order valence-electron chi connectivity index (χ2n) is 8.57. The number of halogens is 2. The fraction of sp³-hybridized carbons (Fsp3) is 0.478. The molecule has 1 nitrogen and oxygen atoms in total. The van der Waals surface area contributed by atoms with Gasteiger partial charge in [-0.15, -0.1) is 0 Å². The number of hydrogen-bond donors (Lipinski definition) is 0. The fourth-order valence-electron chi connectivity index (χ4n) is 2.48. The quantitative estimate of drug-likeness (QED) is 0.576. The highest BCUT2D eigenvalue weighted by Crippen LogP contribution is 2.31. The zero-order chi connectivity index (χ0) is 20.0. The van der Waals surface area contributed by atoms with E-state index in [1.165, 1.54) is 11.1 Å². The van der Waals surface area contributed by atoms with Crippen molar-refractivity contribution in [3.8, 4) is 5.75 Å². The molecule has 2 aromatic rings. The predicted molar refractivity (Wildman–Crippen MR) is 107 cm³/mol. The van der Waals surface area contributed by atoms with Gasteiger partial charge in [-0.3, -0.25) is 0 Å². The summed E-state index contributed by atoms with van der Waals surface area (Å²) in [4.78, 5) is 0. The lowest BCUT2D eigenvalue weighted by Crippen LogP contribution is -2.15. The lowest BCUT2D eigenvalue weighted by molar-refractivity contribution is 0.0809. The van der Waals surface area contributed by atoms with Gasteiger partial charge in [0.2, 0.25) is 0 Å². The average molecular weight is 363 g/mol. The summed E-state index contributed by atoms with van der Waals surface area (Å²) in [6.45, 7) is 14.4. The molecule has 0 aromatic heterocycles. The van der Waals surface area contributed by atoms with Crippen molar-refractivity contribution >= 4 is 0 Å². The molecule has 0 aliphatic heterocycles. The van der Waals surface area contributed by atoms with Crippen LogP contribution >= 0.6 is 0 Å². The Bertz CT molecular complexity index is 679. The third kappa shape index (κ3) is 7.55. The van der Waals surface area contributed by atoms with E-state index in [2.05, 4.69) is 52.0 Å². The van der Waals surface area contributed by atoms with Crippen molar-refractivity contribution in [3.05, 3.63) is 65.2 Å². The van der Waals surface area contributed by atoms with Crippen LogP contribution in [0.2, 0.25) is 0 Å². The fourth-order valence-corrected chi connectivity index (χ4v) is 2.48. The maximum absolute atomic E-state index is 12.0. The molecule has 0 aliphatic rings.